The molecular formula is C21H20F2N2O3S2. The highest BCUT2D eigenvalue weighted by atomic mass is 32.2. The number of thioether (sulfide) groups is 1. The van der Waals surface area contributed by atoms with Crippen LogP contribution < -0.4 is 4.90 Å². The molecule has 1 heterocycles. The van der Waals surface area contributed by atoms with Crippen molar-refractivity contribution in [2.24, 2.45) is 0 Å². The van der Waals surface area contributed by atoms with Gasteiger partial charge in [0.15, 0.2) is 11.6 Å². The smallest absolute Gasteiger partial charge is 0.306 e. The van der Waals surface area contributed by atoms with Crippen molar-refractivity contribution in [3.05, 3.63) is 53.0 Å². The molecule has 158 valence electrons. The lowest BCUT2D eigenvalue weighted by molar-refractivity contribution is -0.144. The van der Waals surface area contributed by atoms with E-state index in [0.29, 0.717) is 15.4 Å². The Morgan fingerprint density at radius 2 is 2.00 bits per heavy atom. The van der Waals surface area contributed by atoms with E-state index in [2.05, 4.69) is 4.98 Å². The first kappa shape index (κ1) is 22.2. The van der Waals surface area contributed by atoms with Crippen molar-refractivity contribution in [2.75, 3.05) is 17.8 Å². The minimum Gasteiger partial charge on any atom is -0.466 e. The van der Waals surface area contributed by atoms with Crippen molar-refractivity contribution >= 4 is 50.9 Å². The van der Waals surface area contributed by atoms with Crippen molar-refractivity contribution in [3.63, 3.8) is 0 Å². The Bertz CT molecular complexity index is 1070. The van der Waals surface area contributed by atoms with Crippen LogP contribution in [0.2, 0.25) is 0 Å². The lowest BCUT2D eigenvalue weighted by Crippen LogP contribution is -2.30. The van der Waals surface area contributed by atoms with Crippen LogP contribution in [0.25, 0.3) is 10.2 Å². The molecule has 3 aromatic rings. The van der Waals surface area contributed by atoms with Crippen molar-refractivity contribution < 1.29 is 23.1 Å². The van der Waals surface area contributed by atoms with Crippen molar-refractivity contribution in [1.29, 1.82) is 0 Å². The molecule has 2 aromatic carbocycles. The second-order valence-corrected chi connectivity index (χ2v) is 8.30. The molecule has 3 rings (SSSR count). The van der Waals surface area contributed by atoms with Gasteiger partial charge in [0.05, 0.1) is 24.3 Å². The summed E-state index contributed by atoms with van der Waals surface area (Å²) in [5.74, 6) is -2.69. The molecule has 9 heteroatoms. The van der Waals surface area contributed by atoms with Gasteiger partial charge in [-0.3, -0.25) is 9.59 Å². The second-order valence-electron chi connectivity index (χ2n) is 6.30. The van der Waals surface area contributed by atoms with Crippen LogP contribution in [-0.4, -0.2) is 29.7 Å². The van der Waals surface area contributed by atoms with E-state index in [-0.39, 0.29) is 37.4 Å². The third-order valence-corrected chi connectivity index (χ3v) is 6.03. The molecule has 0 saturated heterocycles. The molecule has 0 bridgehead atoms. The maximum Gasteiger partial charge on any atom is 0.306 e. The predicted molar refractivity (Wildman–Crippen MR) is 115 cm³/mol. The van der Waals surface area contributed by atoms with Crippen LogP contribution in [0.3, 0.4) is 0 Å². The molecule has 0 radical (unpaired) electrons. The lowest BCUT2D eigenvalue weighted by Gasteiger charge is -2.22. The number of carbonyl (C=O) groups excluding carboxylic acids is 2. The Balaban J connectivity index is 1.89. The van der Waals surface area contributed by atoms with Crippen molar-refractivity contribution in [2.45, 2.75) is 31.2 Å². The normalized spacial score (nSPS) is 10.9. The number of ether oxygens (including phenoxy) is 1. The summed E-state index contributed by atoms with van der Waals surface area (Å²) in [7, 11) is 0. The van der Waals surface area contributed by atoms with Gasteiger partial charge < -0.3 is 9.64 Å². The third kappa shape index (κ3) is 5.14. The summed E-state index contributed by atoms with van der Waals surface area (Å²) >= 11 is 2.73. The fourth-order valence-electron chi connectivity index (χ4n) is 2.87. The molecule has 0 atom stereocenters. The highest BCUT2D eigenvalue weighted by molar-refractivity contribution is 7.98. The first-order valence-electron chi connectivity index (χ1n) is 9.26. The van der Waals surface area contributed by atoms with E-state index in [1.807, 2.05) is 24.5 Å². The number of benzene rings is 2. The minimum atomic E-state index is -1.00. The summed E-state index contributed by atoms with van der Waals surface area (Å²) in [6.45, 7) is 2.04. The molecule has 30 heavy (non-hydrogen) atoms. The Morgan fingerprint density at radius 3 is 2.73 bits per heavy atom. The lowest BCUT2D eigenvalue weighted by atomic mass is 10.2. The summed E-state index contributed by atoms with van der Waals surface area (Å²) in [6.07, 6.45) is 1.86. The van der Waals surface area contributed by atoms with Crippen molar-refractivity contribution in [3.8, 4) is 0 Å². The number of nitrogens with zero attached hydrogens (tertiary/aromatic N) is 2. The van der Waals surface area contributed by atoms with E-state index in [1.165, 1.54) is 34.1 Å². The maximum atomic E-state index is 14.0. The van der Waals surface area contributed by atoms with Gasteiger partial charge >= 0.3 is 5.97 Å². The minimum absolute atomic E-state index is 0.0315. The van der Waals surface area contributed by atoms with E-state index >= 15 is 0 Å². The Morgan fingerprint density at radius 1 is 1.20 bits per heavy atom. The number of amides is 1. The van der Waals surface area contributed by atoms with Gasteiger partial charge in [0.1, 0.15) is 10.5 Å². The molecule has 0 saturated carbocycles. The fourth-order valence-corrected chi connectivity index (χ4v) is 4.27. The molecular weight excluding hydrogens is 430 g/mol. The number of halogens is 2. The molecule has 0 N–H and O–H groups in total. The van der Waals surface area contributed by atoms with Crippen LogP contribution in [0.1, 0.15) is 24.8 Å². The number of rotatable bonds is 8. The van der Waals surface area contributed by atoms with Gasteiger partial charge in [-0.1, -0.05) is 6.07 Å². The van der Waals surface area contributed by atoms with E-state index in [4.69, 9.17) is 4.74 Å². The van der Waals surface area contributed by atoms with Gasteiger partial charge in [-0.2, -0.15) is 0 Å². The van der Waals surface area contributed by atoms with E-state index in [1.54, 1.807) is 13.0 Å². The van der Waals surface area contributed by atoms with Crippen LogP contribution in [0.5, 0.6) is 0 Å². The number of anilines is 1. The van der Waals surface area contributed by atoms with Crippen LogP contribution >= 0.6 is 23.1 Å². The first-order chi connectivity index (χ1) is 14.4. The fraction of sp³-hybridized carbons (Fsp3) is 0.286. The van der Waals surface area contributed by atoms with Gasteiger partial charge in [-0.15, -0.1) is 23.1 Å². The number of carbonyl (C=O) groups is 2. The number of thiazole rings is 1. The summed E-state index contributed by atoms with van der Waals surface area (Å²) < 4.78 is 33.0. The van der Waals surface area contributed by atoms with Crippen LogP contribution in [0, 0.1) is 11.6 Å². The summed E-state index contributed by atoms with van der Waals surface area (Å²) in [4.78, 5) is 31.3. The standard InChI is InChI=1S/C21H20F2N2O3S2/c1-3-28-19(27)10-9-18(26)25(13-5-4-6-14(11-13)29-2)12-17-24-21-16(30-17)8-7-15(22)20(21)23/h4-8,11H,3,9-10,12H2,1-2H3. The average Bonchev–Trinajstić information content (AvgIpc) is 3.17. The SMILES string of the molecule is CCOC(=O)CCC(=O)N(Cc1nc2c(F)c(F)ccc2s1)c1cccc(SC)c1. The third-order valence-electron chi connectivity index (χ3n) is 4.30. The highest BCUT2D eigenvalue weighted by Crippen LogP contribution is 2.29. The Hall–Kier alpha value is -2.52. The topological polar surface area (TPSA) is 59.5 Å². The van der Waals surface area contributed by atoms with Gasteiger partial charge in [-0.25, -0.2) is 13.8 Å². The van der Waals surface area contributed by atoms with E-state index in [0.717, 1.165) is 11.0 Å². The first-order valence-corrected chi connectivity index (χ1v) is 11.3. The highest BCUT2D eigenvalue weighted by Gasteiger charge is 2.21. The van der Waals surface area contributed by atoms with Crippen molar-refractivity contribution in [1.82, 2.24) is 4.98 Å². The summed E-state index contributed by atoms with van der Waals surface area (Å²) in [5.41, 5.74) is 0.591. The molecule has 0 aliphatic heterocycles. The van der Waals surface area contributed by atoms with E-state index in [9.17, 15) is 18.4 Å². The molecule has 5 nitrogen and oxygen atoms in total. The second kappa shape index (κ2) is 9.99. The number of hydrogen-bond acceptors (Lipinski definition) is 6. The molecule has 0 fully saturated rings. The van der Waals surface area contributed by atoms with Gasteiger partial charge in [0.2, 0.25) is 5.91 Å². The largest absolute Gasteiger partial charge is 0.466 e. The maximum absolute atomic E-state index is 14.0. The van der Waals surface area contributed by atoms with E-state index < -0.39 is 17.6 Å². The number of hydrogen-bond donors (Lipinski definition) is 0. The average molecular weight is 451 g/mol. The van der Waals surface area contributed by atoms with Gasteiger partial charge in [-0.05, 0) is 43.5 Å². The quantitative estimate of drug-likeness (QED) is 0.350. The zero-order valence-electron chi connectivity index (χ0n) is 16.5. The van der Waals surface area contributed by atoms with Gasteiger partial charge in [0, 0.05) is 17.0 Å². The summed E-state index contributed by atoms with van der Waals surface area (Å²) in [5, 5.41) is 0.466. The van der Waals surface area contributed by atoms with Crippen LogP contribution in [0.15, 0.2) is 41.3 Å². The number of fused-ring (bicyclic) bond motifs is 1. The van der Waals surface area contributed by atoms with Crippen LogP contribution in [-0.2, 0) is 20.9 Å². The number of esters is 1. The molecule has 0 unspecified atom stereocenters. The molecule has 0 spiro atoms. The molecule has 0 aliphatic rings. The molecule has 1 amide bonds. The zero-order valence-corrected chi connectivity index (χ0v) is 18.1. The molecule has 0 aliphatic carbocycles. The Kier molecular flexibility index (Phi) is 7.38. The van der Waals surface area contributed by atoms with Crippen LogP contribution in [0.4, 0.5) is 14.5 Å². The number of aromatic nitrogens is 1. The molecule has 1 aromatic heterocycles. The predicted octanol–water partition coefficient (Wildman–Crippen LogP) is 5.17. The monoisotopic (exact) mass is 450 g/mol. The van der Waals surface area contributed by atoms with Gasteiger partial charge in [0.25, 0.3) is 0 Å². The summed E-state index contributed by atoms with van der Waals surface area (Å²) in [6, 6.07) is 9.93. The zero-order chi connectivity index (χ0) is 21.7. The Labute approximate surface area is 181 Å².